The number of amides is 1. The lowest BCUT2D eigenvalue weighted by molar-refractivity contribution is -0.119. The molecule has 1 N–H and O–H groups in total. The molecule has 0 unspecified atom stereocenters. The summed E-state index contributed by atoms with van der Waals surface area (Å²) in [7, 11) is -0.759. The summed E-state index contributed by atoms with van der Waals surface area (Å²) in [4.78, 5) is 24.3. The number of fused-ring (bicyclic) bond motifs is 1. The van der Waals surface area contributed by atoms with E-state index in [0.717, 1.165) is 10.7 Å². The van der Waals surface area contributed by atoms with Crippen LogP contribution >= 0.6 is 0 Å². The van der Waals surface area contributed by atoms with E-state index in [1.807, 2.05) is 0 Å². The van der Waals surface area contributed by atoms with Crippen molar-refractivity contribution in [2.45, 2.75) is 11.3 Å². The molecule has 0 spiro atoms. The normalized spacial score (nSPS) is 13.4. The van der Waals surface area contributed by atoms with Gasteiger partial charge in [-0.05, 0) is 36.4 Å². The predicted molar refractivity (Wildman–Crippen MR) is 108 cm³/mol. The van der Waals surface area contributed by atoms with Crippen LogP contribution in [0.3, 0.4) is 0 Å². The first-order chi connectivity index (χ1) is 14.3. The quantitative estimate of drug-likeness (QED) is 0.691. The lowest BCUT2D eigenvalue weighted by Crippen LogP contribution is -2.22. The lowest BCUT2D eigenvalue weighted by atomic mass is 10.2. The average Bonchev–Trinajstić information content (AvgIpc) is 2.97. The number of anilines is 1. The molecule has 1 amide bonds. The number of carbonyl (C=O) groups excluding carboxylic acids is 2. The Morgan fingerprint density at radius 1 is 1.03 bits per heavy atom. The number of sulfonamides is 1. The van der Waals surface area contributed by atoms with Crippen LogP contribution in [0.2, 0.25) is 0 Å². The van der Waals surface area contributed by atoms with Crippen molar-refractivity contribution in [3.63, 3.8) is 0 Å². The van der Waals surface area contributed by atoms with Crippen LogP contribution in [-0.2, 0) is 19.6 Å². The fourth-order valence-corrected chi connectivity index (χ4v) is 3.53. The minimum Gasteiger partial charge on any atom is -0.490 e. The predicted octanol–water partition coefficient (Wildman–Crippen LogP) is 1.89. The highest BCUT2D eigenvalue weighted by Crippen LogP contribution is 2.32. The molecule has 1 aliphatic rings. The van der Waals surface area contributed by atoms with Crippen molar-refractivity contribution in [2.24, 2.45) is 0 Å². The molecule has 30 heavy (non-hydrogen) atoms. The van der Waals surface area contributed by atoms with Crippen molar-refractivity contribution in [1.29, 1.82) is 0 Å². The van der Waals surface area contributed by atoms with Gasteiger partial charge in [-0.15, -0.1) is 0 Å². The summed E-state index contributed by atoms with van der Waals surface area (Å²) in [6, 6.07) is 10.3. The van der Waals surface area contributed by atoms with Gasteiger partial charge in [-0.2, -0.15) is 0 Å². The number of nitrogens with zero attached hydrogens (tertiary/aromatic N) is 1. The third-order valence-corrected chi connectivity index (χ3v) is 6.06. The van der Waals surface area contributed by atoms with Gasteiger partial charge >= 0.3 is 5.97 Å². The van der Waals surface area contributed by atoms with Gasteiger partial charge in [-0.3, -0.25) is 4.79 Å². The van der Waals surface area contributed by atoms with Crippen LogP contribution < -0.4 is 14.8 Å². The topological polar surface area (TPSA) is 111 Å². The molecular formula is C20H22N2O7S. The summed E-state index contributed by atoms with van der Waals surface area (Å²) in [6.07, 6.45) is 0.772. The average molecular weight is 434 g/mol. The van der Waals surface area contributed by atoms with Gasteiger partial charge in [0.25, 0.3) is 5.91 Å². The fourth-order valence-electron chi connectivity index (χ4n) is 2.63. The second-order valence-corrected chi connectivity index (χ2v) is 8.80. The van der Waals surface area contributed by atoms with E-state index in [1.165, 1.54) is 38.4 Å². The zero-order valence-electron chi connectivity index (χ0n) is 16.6. The Balaban J connectivity index is 1.56. The number of hydrogen-bond donors (Lipinski definition) is 1. The molecule has 160 valence electrons. The van der Waals surface area contributed by atoms with Crippen LogP contribution in [0.1, 0.15) is 16.8 Å². The monoisotopic (exact) mass is 434 g/mol. The van der Waals surface area contributed by atoms with Crippen molar-refractivity contribution < 1.29 is 32.2 Å². The minimum absolute atomic E-state index is 0.0520. The number of carbonyl (C=O) groups is 2. The molecule has 9 nitrogen and oxygen atoms in total. The number of rotatable bonds is 6. The summed E-state index contributed by atoms with van der Waals surface area (Å²) in [6.45, 7) is 0.596. The molecule has 0 bridgehead atoms. The van der Waals surface area contributed by atoms with Gasteiger partial charge in [0.2, 0.25) is 10.0 Å². The van der Waals surface area contributed by atoms with Gasteiger partial charge in [0, 0.05) is 32.3 Å². The fraction of sp³-hybridized carbons (Fsp3) is 0.300. The largest absolute Gasteiger partial charge is 0.490 e. The Bertz CT molecular complexity index is 1030. The Morgan fingerprint density at radius 3 is 2.37 bits per heavy atom. The first-order valence-electron chi connectivity index (χ1n) is 9.16. The second-order valence-electron chi connectivity index (χ2n) is 6.65. The molecular weight excluding hydrogens is 412 g/mol. The maximum Gasteiger partial charge on any atom is 0.338 e. The smallest absolute Gasteiger partial charge is 0.338 e. The molecule has 1 aliphatic heterocycles. The molecule has 0 radical (unpaired) electrons. The van der Waals surface area contributed by atoms with Crippen LogP contribution in [0.5, 0.6) is 11.5 Å². The van der Waals surface area contributed by atoms with Crippen molar-refractivity contribution in [3.05, 3.63) is 48.0 Å². The molecule has 0 saturated carbocycles. The van der Waals surface area contributed by atoms with Crippen molar-refractivity contribution in [2.75, 3.05) is 39.2 Å². The van der Waals surface area contributed by atoms with Crippen LogP contribution in [0, 0.1) is 0 Å². The molecule has 2 aromatic rings. The summed E-state index contributed by atoms with van der Waals surface area (Å²) in [5, 5.41) is 2.62. The maximum absolute atomic E-state index is 12.1. The van der Waals surface area contributed by atoms with E-state index in [4.69, 9.17) is 14.2 Å². The van der Waals surface area contributed by atoms with Crippen LogP contribution in [-0.4, -0.2) is 58.5 Å². The van der Waals surface area contributed by atoms with Gasteiger partial charge in [-0.25, -0.2) is 17.5 Å². The summed E-state index contributed by atoms with van der Waals surface area (Å²) in [5.41, 5.74) is 0.620. The summed E-state index contributed by atoms with van der Waals surface area (Å²) < 4.78 is 41.3. The number of hydrogen-bond acceptors (Lipinski definition) is 7. The van der Waals surface area contributed by atoms with Crippen LogP contribution in [0.15, 0.2) is 47.4 Å². The molecule has 10 heteroatoms. The number of nitrogens with one attached hydrogen (secondary N) is 1. The molecule has 0 atom stereocenters. The van der Waals surface area contributed by atoms with E-state index < -0.39 is 28.5 Å². The molecule has 0 aromatic heterocycles. The zero-order valence-corrected chi connectivity index (χ0v) is 17.4. The minimum atomic E-state index is -3.59. The maximum atomic E-state index is 12.1. The Hall–Kier alpha value is -3.11. The SMILES string of the molecule is CN(C)S(=O)(=O)c1ccc(C(=O)OCC(=O)Nc2ccc3c(c2)OCCCO3)cc1. The molecule has 3 rings (SSSR count). The number of benzene rings is 2. The van der Waals surface area contributed by atoms with Crippen molar-refractivity contribution in [1.82, 2.24) is 4.31 Å². The first-order valence-corrected chi connectivity index (χ1v) is 10.6. The van der Waals surface area contributed by atoms with Crippen LogP contribution in [0.4, 0.5) is 5.69 Å². The van der Waals surface area contributed by atoms with E-state index >= 15 is 0 Å². The standard InChI is InChI=1S/C20H22N2O7S/c1-22(2)30(25,26)16-7-4-14(5-8-16)20(24)29-13-19(23)21-15-6-9-17-18(12-15)28-11-3-10-27-17/h4-9,12H,3,10-11,13H2,1-2H3,(H,21,23). The van der Waals surface area contributed by atoms with E-state index in [1.54, 1.807) is 18.2 Å². The Morgan fingerprint density at radius 2 is 1.70 bits per heavy atom. The van der Waals surface area contributed by atoms with E-state index in [9.17, 15) is 18.0 Å². The highest BCUT2D eigenvalue weighted by atomic mass is 32.2. The van der Waals surface area contributed by atoms with Gasteiger partial charge < -0.3 is 19.5 Å². The molecule has 2 aromatic carbocycles. The lowest BCUT2D eigenvalue weighted by Gasteiger charge is -2.12. The van der Waals surface area contributed by atoms with Gasteiger partial charge in [-0.1, -0.05) is 0 Å². The summed E-state index contributed by atoms with van der Waals surface area (Å²) >= 11 is 0. The van der Waals surface area contributed by atoms with E-state index in [-0.39, 0.29) is 10.5 Å². The second kappa shape index (κ2) is 9.14. The third kappa shape index (κ3) is 5.08. The number of ether oxygens (including phenoxy) is 3. The van der Waals surface area contributed by atoms with Gasteiger partial charge in [0.05, 0.1) is 23.7 Å². The van der Waals surface area contributed by atoms with Crippen molar-refractivity contribution in [3.8, 4) is 11.5 Å². The Labute approximate surface area is 174 Å². The molecule has 0 aliphatic carbocycles. The molecule has 0 fully saturated rings. The van der Waals surface area contributed by atoms with Gasteiger partial charge in [0.1, 0.15) is 0 Å². The van der Waals surface area contributed by atoms with Crippen LogP contribution in [0.25, 0.3) is 0 Å². The zero-order chi connectivity index (χ0) is 21.7. The Kier molecular flexibility index (Phi) is 6.58. The van der Waals surface area contributed by atoms with E-state index in [0.29, 0.717) is 30.4 Å². The summed E-state index contributed by atoms with van der Waals surface area (Å²) in [5.74, 6) is -0.117. The molecule has 1 heterocycles. The highest BCUT2D eigenvalue weighted by molar-refractivity contribution is 7.89. The van der Waals surface area contributed by atoms with Gasteiger partial charge in [0.15, 0.2) is 18.1 Å². The highest BCUT2D eigenvalue weighted by Gasteiger charge is 2.18. The van der Waals surface area contributed by atoms with Crippen molar-refractivity contribution >= 4 is 27.6 Å². The molecule has 0 saturated heterocycles. The van der Waals surface area contributed by atoms with E-state index in [2.05, 4.69) is 5.32 Å². The first kappa shape index (κ1) is 21.6. The number of esters is 1. The third-order valence-electron chi connectivity index (χ3n) is 4.23.